The molecule has 34 heavy (non-hydrogen) atoms. The van der Waals surface area contributed by atoms with Crippen LogP contribution in [-0.4, -0.2) is 30.5 Å². The molecule has 0 aliphatic carbocycles. The Morgan fingerprint density at radius 3 is 2.41 bits per heavy atom. The lowest BCUT2D eigenvalue weighted by Gasteiger charge is -2.08. The minimum absolute atomic E-state index is 0.160. The van der Waals surface area contributed by atoms with Crippen molar-refractivity contribution >= 4 is 29.6 Å². The first-order chi connectivity index (χ1) is 16.4. The van der Waals surface area contributed by atoms with Crippen LogP contribution in [0.3, 0.4) is 0 Å². The van der Waals surface area contributed by atoms with Crippen LogP contribution in [0.2, 0.25) is 0 Å². The Balaban J connectivity index is 1.44. The van der Waals surface area contributed by atoms with Crippen molar-refractivity contribution < 1.29 is 19.1 Å². The summed E-state index contributed by atoms with van der Waals surface area (Å²) in [6.07, 6.45) is 1.38. The molecule has 0 radical (unpaired) electrons. The molecule has 3 aromatic rings. The number of nitrogens with zero attached hydrogens (tertiary/aromatic N) is 1. The Labute approximate surface area is 198 Å². The standard InChI is InChI=1S/C26H26N4O4/c1-18-9-11-20(12-10-18)15-27-25(32)26(33)30-28-16-21-6-4-8-23(14-21)34-17-24(31)29-22-7-3-5-19(2)13-22/h3-14,16H,15,17H2,1-2H3,(H,27,32)(H,29,31)(H,30,33). The molecule has 0 bridgehead atoms. The molecule has 0 saturated heterocycles. The predicted octanol–water partition coefficient (Wildman–Crippen LogP) is 3.09. The van der Waals surface area contributed by atoms with Gasteiger partial charge in [-0.25, -0.2) is 5.43 Å². The Kier molecular flexibility index (Phi) is 8.51. The van der Waals surface area contributed by atoms with Gasteiger partial charge in [0.1, 0.15) is 5.75 Å². The first-order valence-electron chi connectivity index (χ1n) is 10.7. The molecule has 0 aromatic heterocycles. The molecular formula is C26H26N4O4. The third-order valence-electron chi connectivity index (χ3n) is 4.69. The van der Waals surface area contributed by atoms with Crippen LogP contribution in [-0.2, 0) is 20.9 Å². The van der Waals surface area contributed by atoms with Gasteiger partial charge in [0, 0.05) is 12.2 Å². The predicted molar refractivity (Wildman–Crippen MR) is 131 cm³/mol. The molecule has 8 nitrogen and oxygen atoms in total. The van der Waals surface area contributed by atoms with Crippen molar-refractivity contribution in [1.29, 1.82) is 0 Å². The summed E-state index contributed by atoms with van der Waals surface area (Å²) in [7, 11) is 0. The van der Waals surface area contributed by atoms with E-state index in [-0.39, 0.29) is 19.1 Å². The number of amides is 3. The minimum atomic E-state index is -0.872. The molecule has 0 heterocycles. The molecule has 0 saturated carbocycles. The lowest BCUT2D eigenvalue weighted by atomic mass is 10.1. The quantitative estimate of drug-likeness (QED) is 0.274. The molecule has 0 spiro atoms. The number of hydrogen-bond donors (Lipinski definition) is 3. The first kappa shape index (κ1) is 24.2. The van der Waals surface area contributed by atoms with Gasteiger partial charge in [-0.2, -0.15) is 5.10 Å². The van der Waals surface area contributed by atoms with Crippen molar-refractivity contribution in [2.75, 3.05) is 11.9 Å². The van der Waals surface area contributed by atoms with Crippen LogP contribution in [0.15, 0.2) is 77.9 Å². The van der Waals surface area contributed by atoms with E-state index in [4.69, 9.17) is 4.74 Å². The number of ether oxygens (including phenoxy) is 1. The molecule has 0 unspecified atom stereocenters. The van der Waals surface area contributed by atoms with Crippen LogP contribution < -0.4 is 20.8 Å². The number of anilines is 1. The summed E-state index contributed by atoms with van der Waals surface area (Å²) in [5, 5.41) is 9.12. The average molecular weight is 459 g/mol. The lowest BCUT2D eigenvalue weighted by molar-refractivity contribution is -0.139. The minimum Gasteiger partial charge on any atom is -0.484 e. The number of carbonyl (C=O) groups is 3. The molecule has 0 fully saturated rings. The highest BCUT2D eigenvalue weighted by Gasteiger charge is 2.12. The van der Waals surface area contributed by atoms with E-state index in [1.165, 1.54) is 6.21 Å². The van der Waals surface area contributed by atoms with Crippen molar-refractivity contribution in [1.82, 2.24) is 10.7 Å². The fraction of sp³-hybridized carbons (Fsp3) is 0.154. The monoisotopic (exact) mass is 458 g/mol. The third kappa shape index (κ3) is 7.90. The highest BCUT2D eigenvalue weighted by Crippen LogP contribution is 2.13. The summed E-state index contributed by atoms with van der Waals surface area (Å²) in [4.78, 5) is 35.9. The summed E-state index contributed by atoms with van der Waals surface area (Å²) < 4.78 is 5.53. The first-order valence-corrected chi connectivity index (χ1v) is 10.7. The molecule has 3 aromatic carbocycles. The molecule has 3 N–H and O–H groups in total. The number of hydrogen-bond acceptors (Lipinski definition) is 5. The maximum atomic E-state index is 12.1. The molecule has 0 atom stereocenters. The van der Waals surface area contributed by atoms with Crippen LogP contribution in [0.25, 0.3) is 0 Å². The van der Waals surface area contributed by atoms with Crippen molar-refractivity contribution in [2.45, 2.75) is 20.4 Å². The lowest BCUT2D eigenvalue weighted by Crippen LogP contribution is -2.37. The van der Waals surface area contributed by atoms with Gasteiger partial charge in [-0.05, 0) is 54.8 Å². The van der Waals surface area contributed by atoms with Gasteiger partial charge in [-0.1, -0.05) is 54.1 Å². The van der Waals surface area contributed by atoms with E-state index in [1.807, 2.05) is 56.3 Å². The van der Waals surface area contributed by atoms with Gasteiger partial charge in [-0.15, -0.1) is 0 Å². The molecule has 174 valence electrons. The summed E-state index contributed by atoms with van der Waals surface area (Å²) >= 11 is 0. The van der Waals surface area contributed by atoms with Crippen molar-refractivity contribution in [3.63, 3.8) is 0 Å². The number of carbonyl (C=O) groups excluding carboxylic acids is 3. The van der Waals surface area contributed by atoms with Crippen LogP contribution in [0, 0.1) is 13.8 Å². The summed E-state index contributed by atoms with van der Waals surface area (Å²) in [5.41, 5.74) is 6.56. The topological polar surface area (TPSA) is 109 Å². The van der Waals surface area contributed by atoms with Gasteiger partial charge in [-0.3, -0.25) is 14.4 Å². The smallest absolute Gasteiger partial charge is 0.329 e. The van der Waals surface area contributed by atoms with E-state index in [1.54, 1.807) is 30.3 Å². The van der Waals surface area contributed by atoms with E-state index in [0.29, 0.717) is 17.0 Å². The van der Waals surface area contributed by atoms with Gasteiger partial charge in [0.05, 0.1) is 6.21 Å². The Morgan fingerprint density at radius 1 is 0.882 bits per heavy atom. The van der Waals surface area contributed by atoms with E-state index in [9.17, 15) is 14.4 Å². The normalized spacial score (nSPS) is 10.5. The van der Waals surface area contributed by atoms with Crippen LogP contribution in [0.4, 0.5) is 5.69 Å². The third-order valence-corrected chi connectivity index (χ3v) is 4.69. The van der Waals surface area contributed by atoms with Gasteiger partial charge in [0.15, 0.2) is 6.61 Å². The van der Waals surface area contributed by atoms with Crippen molar-refractivity contribution in [3.8, 4) is 5.75 Å². The maximum Gasteiger partial charge on any atom is 0.329 e. The van der Waals surface area contributed by atoms with E-state index >= 15 is 0 Å². The number of hydrazone groups is 1. The second kappa shape index (κ2) is 12.0. The van der Waals surface area contributed by atoms with Crippen LogP contribution in [0.5, 0.6) is 5.75 Å². The Bertz CT molecular complexity index is 1190. The maximum absolute atomic E-state index is 12.1. The van der Waals surface area contributed by atoms with Crippen LogP contribution >= 0.6 is 0 Å². The number of aryl methyl sites for hydroxylation is 2. The molecular weight excluding hydrogens is 432 g/mol. The zero-order valence-corrected chi connectivity index (χ0v) is 19.0. The zero-order valence-electron chi connectivity index (χ0n) is 19.0. The van der Waals surface area contributed by atoms with Gasteiger partial charge in [0.25, 0.3) is 5.91 Å². The zero-order chi connectivity index (χ0) is 24.3. The van der Waals surface area contributed by atoms with Crippen molar-refractivity contribution in [2.24, 2.45) is 5.10 Å². The fourth-order valence-electron chi connectivity index (χ4n) is 2.94. The Hall–Kier alpha value is -4.46. The van der Waals surface area contributed by atoms with Crippen molar-refractivity contribution in [3.05, 3.63) is 95.1 Å². The van der Waals surface area contributed by atoms with Gasteiger partial charge >= 0.3 is 11.8 Å². The van der Waals surface area contributed by atoms with Crippen LogP contribution in [0.1, 0.15) is 22.3 Å². The highest BCUT2D eigenvalue weighted by atomic mass is 16.5. The van der Waals surface area contributed by atoms with Gasteiger partial charge < -0.3 is 15.4 Å². The Morgan fingerprint density at radius 2 is 1.65 bits per heavy atom. The molecule has 0 aliphatic rings. The SMILES string of the molecule is Cc1ccc(CNC(=O)C(=O)NN=Cc2cccc(OCC(=O)Nc3cccc(C)c3)c2)cc1. The van der Waals surface area contributed by atoms with E-state index in [2.05, 4.69) is 21.2 Å². The molecule has 3 amide bonds. The highest BCUT2D eigenvalue weighted by molar-refractivity contribution is 6.35. The summed E-state index contributed by atoms with van der Waals surface area (Å²) in [6.45, 7) is 4.00. The van der Waals surface area contributed by atoms with Gasteiger partial charge in [0.2, 0.25) is 0 Å². The number of benzene rings is 3. The average Bonchev–Trinajstić information content (AvgIpc) is 2.82. The second-order valence-corrected chi connectivity index (χ2v) is 7.65. The number of rotatable bonds is 8. The molecule has 8 heteroatoms. The fourth-order valence-corrected chi connectivity index (χ4v) is 2.94. The molecule has 3 rings (SSSR count). The van der Waals surface area contributed by atoms with E-state index < -0.39 is 11.8 Å². The number of nitrogens with one attached hydrogen (secondary N) is 3. The summed E-state index contributed by atoms with van der Waals surface area (Å²) in [5.74, 6) is -1.47. The van der Waals surface area contributed by atoms with E-state index in [0.717, 1.165) is 16.7 Å². The largest absolute Gasteiger partial charge is 0.484 e. The molecule has 0 aliphatic heterocycles. The summed E-state index contributed by atoms with van der Waals surface area (Å²) in [6, 6.07) is 21.9. The second-order valence-electron chi connectivity index (χ2n) is 7.65.